The van der Waals surface area contributed by atoms with Gasteiger partial charge in [-0.15, -0.1) is 0 Å². The van der Waals surface area contributed by atoms with E-state index in [0.717, 1.165) is 6.26 Å². The molecule has 0 amide bonds. The molecule has 98 valence electrons. The molecule has 0 bridgehead atoms. The summed E-state index contributed by atoms with van der Waals surface area (Å²) in [5, 5.41) is 0. The molecular formula is C11H16N4O2S. The number of aryl methyl sites for hydroxylation is 1. The molecule has 0 unspecified atom stereocenters. The zero-order valence-electron chi connectivity index (χ0n) is 10.8. The van der Waals surface area contributed by atoms with Crippen LogP contribution in [0.2, 0.25) is 0 Å². The van der Waals surface area contributed by atoms with Crippen molar-refractivity contribution >= 4 is 21.6 Å². The van der Waals surface area contributed by atoms with Crippen molar-refractivity contribution in [3.8, 4) is 11.8 Å². The maximum absolute atomic E-state index is 11.5. The molecule has 1 aromatic heterocycles. The van der Waals surface area contributed by atoms with Gasteiger partial charge in [0.25, 0.3) is 0 Å². The fourth-order valence-corrected chi connectivity index (χ4v) is 1.31. The van der Waals surface area contributed by atoms with E-state index in [2.05, 4.69) is 21.8 Å². The number of anilines is 2. The van der Waals surface area contributed by atoms with Gasteiger partial charge in [0.05, 0.1) is 11.3 Å². The Balaban J connectivity index is 3.31. The summed E-state index contributed by atoms with van der Waals surface area (Å²) < 4.78 is 21.9. The van der Waals surface area contributed by atoms with Crippen molar-refractivity contribution in [2.24, 2.45) is 0 Å². The highest BCUT2D eigenvalue weighted by molar-refractivity contribution is 7.92. The van der Waals surface area contributed by atoms with E-state index in [1.54, 1.807) is 6.92 Å². The van der Waals surface area contributed by atoms with Gasteiger partial charge >= 0.3 is 0 Å². The van der Waals surface area contributed by atoms with Gasteiger partial charge in [0.2, 0.25) is 5.95 Å². The third-order valence-corrected chi connectivity index (χ3v) is 4.51. The number of rotatable bonds is 1. The maximum atomic E-state index is 11.5. The number of nitrogen functional groups attached to an aromatic ring is 2. The Bertz CT molecular complexity index is 616. The molecule has 0 aliphatic rings. The third-order valence-electron chi connectivity index (χ3n) is 2.55. The van der Waals surface area contributed by atoms with Crippen LogP contribution in [0.1, 0.15) is 25.1 Å². The minimum absolute atomic E-state index is 0.0675. The molecule has 0 atom stereocenters. The van der Waals surface area contributed by atoms with Crippen molar-refractivity contribution in [1.29, 1.82) is 0 Å². The molecule has 0 saturated carbocycles. The second-order valence-corrected chi connectivity index (χ2v) is 7.02. The predicted molar refractivity (Wildman–Crippen MR) is 71.4 cm³/mol. The highest BCUT2D eigenvalue weighted by Crippen LogP contribution is 2.16. The summed E-state index contributed by atoms with van der Waals surface area (Å²) >= 11 is 0. The normalized spacial score (nSPS) is 11.8. The highest BCUT2D eigenvalue weighted by atomic mass is 32.2. The zero-order chi connectivity index (χ0) is 14.1. The molecule has 1 heterocycles. The molecule has 1 aromatic rings. The number of hydrogen-bond acceptors (Lipinski definition) is 6. The van der Waals surface area contributed by atoms with Crippen LogP contribution >= 0.6 is 0 Å². The SMILES string of the molecule is Cc1nc(N)nc(N)c1C#CC(C)(C)S(C)(=O)=O. The standard InChI is InChI=1S/C11H16N4O2S/c1-7-8(9(12)15-10(13)14-7)5-6-11(2,3)18(4,16)17/h1-4H3,(H4,12,13,14,15). The van der Waals surface area contributed by atoms with Gasteiger partial charge in [-0.05, 0) is 20.8 Å². The van der Waals surface area contributed by atoms with Crippen LogP contribution in [0.3, 0.4) is 0 Å². The van der Waals surface area contributed by atoms with Crippen molar-refractivity contribution in [3.05, 3.63) is 11.3 Å². The summed E-state index contributed by atoms with van der Waals surface area (Å²) in [5.74, 6) is 5.62. The predicted octanol–water partition coefficient (Wildman–Crippen LogP) is 0.124. The Hall–Kier alpha value is -1.81. The van der Waals surface area contributed by atoms with E-state index < -0.39 is 14.6 Å². The first kappa shape index (κ1) is 14.3. The van der Waals surface area contributed by atoms with Gasteiger partial charge in [0, 0.05) is 6.26 Å². The zero-order valence-corrected chi connectivity index (χ0v) is 11.6. The van der Waals surface area contributed by atoms with Crippen molar-refractivity contribution < 1.29 is 8.42 Å². The molecule has 7 heteroatoms. The Morgan fingerprint density at radius 1 is 1.22 bits per heavy atom. The molecule has 0 aromatic carbocycles. The van der Waals surface area contributed by atoms with Crippen LogP contribution < -0.4 is 11.5 Å². The summed E-state index contributed by atoms with van der Waals surface area (Å²) in [6, 6.07) is 0. The van der Waals surface area contributed by atoms with Crippen molar-refractivity contribution in [3.63, 3.8) is 0 Å². The number of nitrogens with two attached hydrogens (primary N) is 2. The number of nitrogens with zero attached hydrogens (tertiary/aromatic N) is 2. The Morgan fingerprint density at radius 2 is 1.78 bits per heavy atom. The lowest BCUT2D eigenvalue weighted by Gasteiger charge is -2.14. The van der Waals surface area contributed by atoms with E-state index in [0.29, 0.717) is 11.3 Å². The average Bonchev–Trinajstić information content (AvgIpc) is 2.13. The molecule has 0 saturated heterocycles. The maximum Gasteiger partial charge on any atom is 0.222 e. The Labute approximate surface area is 107 Å². The quantitative estimate of drug-likeness (QED) is 0.700. The molecule has 0 radical (unpaired) electrons. The summed E-state index contributed by atoms with van der Waals surface area (Å²) in [7, 11) is -3.29. The lowest BCUT2D eigenvalue weighted by molar-refractivity contribution is 0.581. The smallest absolute Gasteiger partial charge is 0.222 e. The lowest BCUT2D eigenvalue weighted by Crippen LogP contribution is -2.28. The summed E-state index contributed by atoms with van der Waals surface area (Å²) in [5.41, 5.74) is 12.0. The largest absolute Gasteiger partial charge is 0.382 e. The van der Waals surface area contributed by atoms with Gasteiger partial charge < -0.3 is 11.5 Å². The molecule has 4 N–H and O–H groups in total. The molecular weight excluding hydrogens is 252 g/mol. The number of hydrogen-bond donors (Lipinski definition) is 2. The highest BCUT2D eigenvalue weighted by Gasteiger charge is 2.27. The van der Waals surface area contributed by atoms with E-state index in [4.69, 9.17) is 11.5 Å². The van der Waals surface area contributed by atoms with Crippen molar-refractivity contribution in [2.75, 3.05) is 17.7 Å². The third kappa shape index (κ3) is 2.90. The fourth-order valence-electron chi connectivity index (χ4n) is 1.08. The first-order valence-corrected chi connectivity index (χ1v) is 7.06. The Kier molecular flexibility index (Phi) is 3.53. The van der Waals surface area contributed by atoms with Gasteiger partial charge in [0.15, 0.2) is 9.84 Å². The van der Waals surface area contributed by atoms with Crippen LogP contribution in [0.4, 0.5) is 11.8 Å². The van der Waals surface area contributed by atoms with Gasteiger partial charge in [-0.1, -0.05) is 11.8 Å². The van der Waals surface area contributed by atoms with Crippen molar-refractivity contribution in [2.45, 2.75) is 25.5 Å². The fraction of sp³-hybridized carbons (Fsp3) is 0.455. The minimum atomic E-state index is -3.29. The molecule has 0 fully saturated rings. The van der Waals surface area contributed by atoms with E-state index >= 15 is 0 Å². The van der Waals surface area contributed by atoms with Gasteiger partial charge in [-0.3, -0.25) is 0 Å². The van der Waals surface area contributed by atoms with Crippen LogP contribution in [0.15, 0.2) is 0 Å². The van der Waals surface area contributed by atoms with Crippen LogP contribution in [-0.2, 0) is 9.84 Å². The van der Waals surface area contributed by atoms with E-state index in [1.807, 2.05) is 0 Å². The number of sulfone groups is 1. The summed E-state index contributed by atoms with van der Waals surface area (Å²) in [4.78, 5) is 7.72. The second-order valence-electron chi connectivity index (χ2n) is 4.46. The molecule has 18 heavy (non-hydrogen) atoms. The Morgan fingerprint density at radius 3 is 2.22 bits per heavy atom. The average molecular weight is 268 g/mol. The van der Waals surface area contributed by atoms with Crippen LogP contribution in [0.5, 0.6) is 0 Å². The number of aromatic nitrogens is 2. The van der Waals surface area contributed by atoms with E-state index in [1.165, 1.54) is 13.8 Å². The van der Waals surface area contributed by atoms with Crippen molar-refractivity contribution in [1.82, 2.24) is 9.97 Å². The van der Waals surface area contributed by atoms with Crippen LogP contribution in [0, 0.1) is 18.8 Å². The first-order chi connectivity index (χ1) is 8.04. The first-order valence-electron chi connectivity index (χ1n) is 5.17. The van der Waals surface area contributed by atoms with Gasteiger partial charge in [-0.25, -0.2) is 13.4 Å². The van der Waals surface area contributed by atoms with E-state index in [-0.39, 0.29) is 11.8 Å². The molecule has 1 rings (SSSR count). The molecule has 0 spiro atoms. The van der Waals surface area contributed by atoms with E-state index in [9.17, 15) is 8.42 Å². The van der Waals surface area contributed by atoms with Crippen LogP contribution in [-0.4, -0.2) is 29.4 Å². The van der Waals surface area contributed by atoms with Crippen LogP contribution in [0.25, 0.3) is 0 Å². The second kappa shape index (κ2) is 4.46. The summed E-state index contributed by atoms with van der Waals surface area (Å²) in [6.45, 7) is 4.74. The monoisotopic (exact) mass is 268 g/mol. The summed E-state index contributed by atoms with van der Waals surface area (Å²) in [6.07, 6.45) is 1.14. The van der Waals surface area contributed by atoms with Gasteiger partial charge in [0.1, 0.15) is 10.6 Å². The molecule has 0 aliphatic heterocycles. The lowest BCUT2D eigenvalue weighted by atomic mass is 10.1. The topological polar surface area (TPSA) is 112 Å². The van der Waals surface area contributed by atoms with Gasteiger partial charge in [-0.2, -0.15) is 4.98 Å². The molecule has 0 aliphatic carbocycles. The minimum Gasteiger partial charge on any atom is -0.382 e. The molecule has 6 nitrogen and oxygen atoms in total.